The molecule has 8 nitrogen and oxygen atoms in total. The van der Waals surface area contributed by atoms with Crippen molar-refractivity contribution < 1.29 is 22.8 Å². The van der Waals surface area contributed by atoms with E-state index >= 15 is 0 Å². The summed E-state index contributed by atoms with van der Waals surface area (Å²) in [6, 6.07) is 10.2. The minimum absolute atomic E-state index is 0.154. The summed E-state index contributed by atoms with van der Waals surface area (Å²) in [5.74, 6) is -0.901. The van der Waals surface area contributed by atoms with Gasteiger partial charge >= 0.3 is 0 Å². The summed E-state index contributed by atoms with van der Waals surface area (Å²) >= 11 is 0. The van der Waals surface area contributed by atoms with Crippen molar-refractivity contribution in [3.8, 4) is 0 Å². The zero-order valence-corrected chi connectivity index (χ0v) is 17.2. The van der Waals surface area contributed by atoms with Crippen LogP contribution in [0.5, 0.6) is 0 Å². The maximum absolute atomic E-state index is 12.8. The standard InChI is InChI=1S/C21H21N3O5S/c1-13-8-10-24(11-9-13)30(28,29)16-5-2-14(3-6-16)19(25)22-15-4-7-17-18(12-15)21(27)23-20(17)26/h2-7,12-13H,8-11H2,1H3,(H,22,25)(H,23,26,27). The van der Waals surface area contributed by atoms with Crippen LogP contribution in [0, 0.1) is 5.92 Å². The molecule has 156 valence electrons. The van der Waals surface area contributed by atoms with Gasteiger partial charge in [-0.2, -0.15) is 4.31 Å². The molecule has 0 atom stereocenters. The predicted molar refractivity (Wildman–Crippen MR) is 110 cm³/mol. The maximum atomic E-state index is 12.8. The lowest BCUT2D eigenvalue weighted by atomic mass is 10.0. The van der Waals surface area contributed by atoms with Crippen LogP contribution in [0.1, 0.15) is 50.8 Å². The zero-order valence-electron chi connectivity index (χ0n) is 16.3. The van der Waals surface area contributed by atoms with Gasteiger partial charge < -0.3 is 5.32 Å². The largest absolute Gasteiger partial charge is 0.322 e. The summed E-state index contributed by atoms with van der Waals surface area (Å²) in [7, 11) is -3.58. The maximum Gasteiger partial charge on any atom is 0.259 e. The summed E-state index contributed by atoms with van der Waals surface area (Å²) in [5.41, 5.74) is 1.11. The van der Waals surface area contributed by atoms with E-state index in [1.807, 2.05) is 0 Å². The normalized spacial score (nSPS) is 17.5. The second kappa shape index (κ2) is 7.66. The molecule has 2 aromatic carbocycles. The lowest BCUT2D eigenvalue weighted by Gasteiger charge is -2.29. The highest BCUT2D eigenvalue weighted by Gasteiger charge is 2.29. The summed E-state index contributed by atoms with van der Waals surface area (Å²) < 4.78 is 27.1. The number of carbonyl (C=O) groups excluding carboxylic acids is 3. The molecular formula is C21H21N3O5S. The van der Waals surface area contributed by atoms with Crippen molar-refractivity contribution in [1.29, 1.82) is 0 Å². The molecule has 3 amide bonds. The molecule has 30 heavy (non-hydrogen) atoms. The number of piperidine rings is 1. The van der Waals surface area contributed by atoms with Gasteiger partial charge in [0.05, 0.1) is 16.0 Å². The van der Waals surface area contributed by atoms with Crippen LogP contribution in [0.4, 0.5) is 5.69 Å². The molecule has 0 aliphatic carbocycles. The fourth-order valence-corrected chi connectivity index (χ4v) is 5.07. The number of hydrogen-bond donors (Lipinski definition) is 2. The molecule has 4 rings (SSSR count). The molecule has 2 heterocycles. The predicted octanol–water partition coefficient (Wildman–Crippen LogP) is 2.24. The zero-order chi connectivity index (χ0) is 21.5. The van der Waals surface area contributed by atoms with E-state index in [-0.39, 0.29) is 21.6 Å². The lowest BCUT2D eigenvalue weighted by Crippen LogP contribution is -2.37. The first kappa shape index (κ1) is 20.2. The quantitative estimate of drug-likeness (QED) is 0.727. The molecule has 0 unspecified atom stereocenters. The Morgan fingerprint density at radius 3 is 2.30 bits per heavy atom. The number of nitrogens with one attached hydrogen (secondary N) is 2. The molecule has 1 fully saturated rings. The van der Waals surface area contributed by atoms with Gasteiger partial charge in [-0.3, -0.25) is 19.7 Å². The van der Waals surface area contributed by atoms with Crippen LogP contribution in [0.15, 0.2) is 47.4 Å². The van der Waals surface area contributed by atoms with Crippen LogP contribution in [0.2, 0.25) is 0 Å². The molecule has 9 heteroatoms. The molecule has 0 saturated carbocycles. The number of fused-ring (bicyclic) bond motifs is 1. The number of sulfonamides is 1. The van der Waals surface area contributed by atoms with E-state index in [1.165, 1.54) is 46.8 Å². The van der Waals surface area contributed by atoms with Gasteiger partial charge in [-0.15, -0.1) is 0 Å². The van der Waals surface area contributed by atoms with E-state index < -0.39 is 27.7 Å². The van der Waals surface area contributed by atoms with E-state index in [9.17, 15) is 22.8 Å². The first-order valence-corrected chi connectivity index (χ1v) is 11.1. The number of hydrogen-bond acceptors (Lipinski definition) is 5. The third-order valence-electron chi connectivity index (χ3n) is 5.49. The smallest absolute Gasteiger partial charge is 0.259 e. The van der Waals surface area contributed by atoms with Gasteiger partial charge in [0.1, 0.15) is 0 Å². The molecular weight excluding hydrogens is 406 g/mol. The Balaban J connectivity index is 1.48. The minimum atomic E-state index is -3.58. The van der Waals surface area contributed by atoms with E-state index in [2.05, 4.69) is 17.6 Å². The molecule has 0 spiro atoms. The molecule has 0 aromatic heterocycles. The molecule has 2 aromatic rings. The summed E-state index contributed by atoms with van der Waals surface area (Å²) in [6.07, 6.45) is 1.67. The first-order valence-electron chi connectivity index (χ1n) is 9.67. The number of nitrogens with zero attached hydrogens (tertiary/aromatic N) is 1. The van der Waals surface area contributed by atoms with Crippen LogP contribution in [-0.2, 0) is 10.0 Å². The van der Waals surface area contributed by atoms with E-state index in [4.69, 9.17) is 0 Å². The fraction of sp³-hybridized carbons (Fsp3) is 0.286. The van der Waals surface area contributed by atoms with E-state index in [1.54, 1.807) is 0 Å². The second-order valence-corrected chi connectivity index (χ2v) is 9.55. The third-order valence-corrected chi connectivity index (χ3v) is 7.40. The number of carbonyl (C=O) groups is 3. The van der Waals surface area contributed by atoms with Crippen molar-refractivity contribution in [3.05, 3.63) is 59.2 Å². The first-order chi connectivity index (χ1) is 14.3. The fourth-order valence-electron chi connectivity index (χ4n) is 3.60. The van der Waals surface area contributed by atoms with Gasteiger partial charge in [0.25, 0.3) is 17.7 Å². The van der Waals surface area contributed by atoms with Crippen LogP contribution in [-0.4, -0.2) is 43.5 Å². The summed E-state index contributed by atoms with van der Waals surface area (Å²) in [6.45, 7) is 3.11. The molecule has 2 N–H and O–H groups in total. The van der Waals surface area contributed by atoms with Gasteiger partial charge in [-0.25, -0.2) is 8.42 Å². The number of anilines is 1. The highest BCUT2D eigenvalue weighted by Crippen LogP contribution is 2.24. The highest BCUT2D eigenvalue weighted by molar-refractivity contribution is 7.89. The number of imide groups is 1. The van der Waals surface area contributed by atoms with Crippen molar-refractivity contribution in [2.24, 2.45) is 5.92 Å². The Morgan fingerprint density at radius 1 is 1.00 bits per heavy atom. The van der Waals surface area contributed by atoms with E-state index in [0.717, 1.165) is 12.8 Å². The van der Waals surface area contributed by atoms with Gasteiger partial charge in [0.15, 0.2) is 0 Å². The number of rotatable bonds is 4. The molecule has 0 radical (unpaired) electrons. The second-order valence-electron chi connectivity index (χ2n) is 7.61. The van der Waals surface area contributed by atoms with Gasteiger partial charge in [0, 0.05) is 24.3 Å². The topological polar surface area (TPSA) is 113 Å². The molecule has 2 aliphatic heterocycles. The Hall–Kier alpha value is -3.04. The number of amides is 3. The SMILES string of the molecule is CC1CCN(S(=O)(=O)c2ccc(C(=O)Nc3ccc4c(c3)C(=O)NC4=O)cc2)CC1. The van der Waals surface area contributed by atoms with Gasteiger partial charge in [0.2, 0.25) is 10.0 Å². The Kier molecular flexibility index (Phi) is 5.17. The Labute approximate surface area is 174 Å². The van der Waals surface area contributed by atoms with Crippen molar-refractivity contribution in [2.75, 3.05) is 18.4 Å². The minimum Gasteiger partial charge on any atom is -0.322 e. The van der Waals surface area contributed by atoms with Gasteiger partial charge in [-0.05, 0) is 61.2 Å². The molecule has 1 saturated heterocycles. The third kappa shape index (κ3) is 3.73. The Bertz CT molecular complexity index is 1130. The monoisotopic (exact) mass is 427 g/mol. The summed E-state index contributed by atoms with van der Waals surface area (Å²) in [5, 5.41) is 4.85. The lowest BCUT2D eigenvalue weighted by molar-refractivity contribution is 0.0878. The van der Waals surface area contributed by atoms with Crippen LogP contribution in [0.3, 0.4) is 0 Å². The van der Waals surface area contributed by atoms with Crippen molar-refractivity contribution in [3.63, 3.8) is 0 Å². The van der Waals surface area contributed by atoms with Crippen LogP contribution < -0.4 is 10.6 Å². The number of benzene rings is 2. The average molecular weight is 427 g/mol. The van der Waals surface area contributed by atoms with Crippen molar-refractivity contribution in [1.82, 2.24) is 9.62 Å². The van der Waals surface area contributed by atoms with E-state index in [0.29, 0.717) is 24.7 Å². The molecule has 2 aliphatic rings. The van der Waals surface area contributed by atoms with Crippen LogP contribution >= 0.6 is 0 Å². The Morgan fingerprint density at radius 2 is 1.63 bits per heavy atom. The summed E-state index contributed by atoms with van der Waals surface area (Å²) in [4.78, 5) is 36.0. The average Bonchev–Trinajstić information content (AvgIpc) is 3.01. The molecule has 0 bridgehead atoms. The highest BCUT2D eigenvalue weighted by atomic mass is 32.2. The van der Waals surface area contributed by atoms with Crippen molar-refractivity contribution in [2.45, 2.75) is 24.7 Å². The van der Waals surface area contributed by atoms with Gasteiger partial charge in [-0.1, -0.05) is 6.92 Å². The van der Waals surface area contributed by atoms with Crippen LogP contribution in [0.25, 0.3) is 0 Å². The van der Waals surface area contributed by atoms with Crippen molar-refractivity contribution >= 4 is 33.4 Å².